The summed E-state index contributed by atoms with van der Waals surface area (Å²) in [5.74, 6) is 1.53. The molecule has 3 atom stereocenters. The molecule has 0 spiro atoms. The summed E-state index contributed by atoms with van der Waals surface area (Å²) in [7, 11) is 0. The number of epoxide rings is 1. The fraction of sp³-hybridized carbons (Fsp3) is 0.833. The van der Waals surface area contributed by atoms with Crippen LogP contribution in [0.15, 0.2) is 12.2 Å². The molecule has 80 valence electrons. The molecule has 1 heterocycles. The third-order valence-corrected chi connectivity index (χ3v) is 3.10. The molecule has 0 aromatic rings. The van der Waals surface area contributed by atoms with Crippen LogP contribution in [0.4, 0.5) is 0 Å². The molecule has 1 aliphatic heterocycles. The van der Waals surface area contributed by atoms with Crippen molar-refractivity contribution in [2.45, 2.75) is 32.3 Å². The van der Waals surface area contributed by atoms with Gasteiger partial charge in [-0.1, -0.05) is 19.1 Å². The van der Waals surface area contributed by atoms with E-state index in [1.165, 1.54) is 19.3 Å². The van der Waals surface area contributed by atoms with Crippen LogP contribution in [0, 0.1) is 11.8 Å². The van der Waals surface area contributed by atoms with Crippen LogP contribution in [0.3, 0.4) is 0 Å². The van der Waals surface area contributed by atoms with E-state index < -0.39 is 0 Å². The molecule has 3 unspecified atom stereocenters. The Morgan fingerprint density at radius 2 is 2.29 bits per heavy atom. The second-order valence-electron chi connectivity index (χ2n) is 4.43. The van der Waals surface area contributed by atoms with Crippen molar-refractivity contribution in [3.05, 3.63) is 12.2 Å². The largest absolute Gasteiger partial charge is 0.378 e. The van der Waals surface area contributed by atoms with Gasteiger partial charge in [-0.25, -0.2) is 0 Å². The average molecular weight is 196 g/mol. The summed E-state index contributed by atoms with van der Waals surface area (Å²) in [6.07, 6.45) is 8.86. The lowest BCUT2D eigenvalue weighted by Gasteiger charge is -2.23. The molecule has 0 amide bonds. The number of rotatable bonds is 5. The highest BCUT2D eigenvalue weighted by atomic mass is 16.6. The molecule has 2 nitrogen and oxygen atoms in total. The minimum atomic E-state index is 0.413. The highest BCUT2D eigenvalue weighted by Gasteiger charge is 2.23. The van der Waals surface area contributed by atoms with E-state index in [9.17, 15) is 0 Å². The molecule has 14 heavy (non-hydrogen) atoms. The number of hydrogen-bond donors (Lipinski definition) is 0. The quantitative estimate of drug-likeness (QED) is 0.497. The lowest BCUT2D eigenvalue weighted by Crippen LogP contribution is -2.17. The first-order valence-electron chi connectivity index (χ1n) is 5.74. The minimum absolute atomic E-state index is 0.413. The maximum Gasteiger partial charge on any atom is 0.104 e. The van der Waals surface area contributed by atoms with Crippen LogP contribution < -0.4 is 0 Å². The van der Waals surface area contributed by atoms with E-state index in [1.54, 1.807) is 0 Å². The number of allylic oxidation sites excluding steroid dienone is 2. The van der Waals surface area contributed by atoms with E-state index in [1.807, 2.05) is 0 Å². The maximum absolute atomic E-state index is 5.63. The van der Waals surface area contributed by atoms with Gasteiger partial charge in [0.1, 0.15) is 6.10 Å². The Hall–Kier alpha value is -0.340. The molecular weight excluding hydrogens is 176 g/mol. The first-order valence-corrected chi connectivity index (χ1v) is 5.74. The Labute approximate surface area is 86.3 Å². The van der Waals surface area contributed by atoms with Gasteiger partial charge in [0.25, 0.3) is 0 Å². The van der Waals surface area contributed by atoms with E-state index >= 15 is 0 Å². The zero-order valence-corrected chi connectivity index (χ0v) is 8.95. The second kappa shape index (κ2) is 4.94. The molecule has 0 aromatic carbocycles. The Bertz CT molecular complexity index is 196. The van der Waals surface area contributed by atoms with Gasteiger partial charge in [-0.3, -0.25) is 0 Å². The molecule has 0 aromatic heterocycles. The minimum Gasteiger partial charge on any atom is -0.378 e. The predicted octanol–water partition coefficient (Wildman–Crippen LogP) is 2.39. The van der Waals surface area contributed by atoms with Gasteiger partial charge in [0.05, 0.1) is 13.2 Å². The van der Waals surface area contributed by atoms with Gasteiger partial charge in [-0.2, -0.15) is 0 Å². The summed E-state index contributed by atoms with van der Waals surface area (Å²) in [6, 6.07) is 0. The zero-order chi connectivity index (χ0) is 9.80. The molecule has 1 fully saturated rings. The van der Waals surface area contributed by atoms with E-state index in [-0.39, 0.29) is 0 Å². The number of ether oxygens (including phenoxy) is 2. The molecule has 2 rings (SSSR count). The SMILES string of the molecule is CCC1C=CCC(COCC2CO2)C1. The molecule has 0 bridgehead atoms. The van der Waals surface area contributed by atoms with Crippen LogP contribution >= 0.6 is 0 Å². The van der Waals surface area contributed by atoms with Crippen LogP contribution in [0.2, 0.25) is 0 Å². The van der Waals surface area contributed by atoms with Gasteiger partial charge in [0, 0.05) is 6.61 Å². The van der Waals surface area contributed by atoms with Crippen molar-refractivity contribution in [2.75, 3.05) is 19.8 Å². The summed E-state index contributed by atoms with van der Waals surface area (Å²) in [5.41, 5.74) is 0. The van der Waals surface area contributed by atoms with Gasteiger partial charge in [0.2, 0.25) is 0 Å². The summed E-state index contributed by atoms with van der Waals surface area (Å²) < 4.78 is 10.7. The van der Waals surface area contributed by atoms with Crippen molar-refractivity contribution < 1.29 is 9.47 Å². The van der Waals surface area contributed by atoms with Crippen molar-refractivity contribution in [2.24, 2.45) is 11.8 Å². The van der Waals surface area contributed by atoms with Crippen LogP contribution in [0.5, 0.6) is 0 Å². The standard InChI is InChI=1S/C12H20O2/c1-2-10-4-3-5-11(6-10)7-13-8-12-9-14-12/h3-4,10-12H,2,5-9H2,1H3. The van der Waals surface area contributed by atoms with Crippen molar-refractivity contribution in [1.29, 1.82) is 0 Å². The Balaban J connectivity index is 1.62. The van der Waals surface area contributed by atoms with Crippen molar-refractivity contribution in [1.82, 2.24) is 0 Å². The summed E-state index contributed by atoms with van der Waals surface area (Å²) in [5, 5.41) is 0. The molecular formula is C12H20O2. The van der Waals surface area contributed by atoms with Crippen molar-refractivity contribution in [3.8, 4) is 0 Å². The molecule has 0 N–H and O–H groups in total. The predicted molar refractivity (Wildman–Crippen MR) is 56.2 cm³/mol. The molecule has 1 saturated heterocycles. The zero-order valence-electron chi connectivity index (χ0n) is 8.95. The third-order valence-electron chi connectivity index (χ3n) is 3.10. The maximum atomic E-state index is 5.63. The molecule has 1 aliphatic carbocycles. The lowest BCUT2D eigenvalue weighted by atomic mass is 9.86. The van der Waals surface area contributed by atoms with Crippen molar-refractivity contribution >= 4 is 0 Å². The first-order chi connectivity index (χ1) is 6.88. The van der Waals surface area contributed by atoms with Gasteiger partial charge >= 0.3 is 0 Å². The van der Waals surface area contributed by atoms with E-state index in [4.69, 9.17) is 9.47 Å². The van der Waals surface area contributed by atoms with Gasteiger partial charge in [0.15, 0.2) is 0 Å². The van der Waals surface area contributed by atoms with Gasteiger partial charge in [-0.05, 0) is 31.1 Å². The van der Waals surface area contributed by atoms with E-state index in [0.29, 0.717) is 6.10 Å². The van der Waals surface area contributed by atoms with Crippen LogP contribution in [0.25, 0.3) is 0 Å². The Morgan fingerprint density at radius 3 is 3.00 bits per heavy atom. The molecule has 2 heteroatoms. The number of hydrogen-bond acceptors (Lipinski definition) is 2. The highest BCUT2D eigenvalue weighted by Crippen LogP contribution is 2.25. The fourth-order valence-electron chi connectivity index (χ4n) is 2.04. The van der Waals surface area contributed by atoms with Crippen LogP contribution in [-0.4, -0.2) is 25.9 Å². The highest BCUT2D eigenvalue weighted by molar-refractivity contribution is 4.95. The summed E-state index contributed by atoms with van der Waals surface area (Å²) >= 11 is 0. The Kier molecular flexibility index (Phi) is 3.60. The van der Waals surface area contributed by atoms with Gasteiger partial charge < -0.3 is 9.47 Å². The third kappa shape index (κ3) is 3.10. The molecule has 0 saturated carbocycles. The summed E-state index contributed by atoms with van der Waals surface area (Å²) in [6.45, 7) is 4.89. The Morgan fingerprint density at radius 1 is 1.43 bits per heavy atom. The van der Waals surface area contributed by atoms with Crippen LogP contribution in [-0.2, 0) is 9.47 Å². The second-order valence-corrected chi connectivity index (χ2v) is 4.43. The topological polar surface area (TPSA) is 21.8 Å². The van der Waals surface area contributed by atoms with Gasteiger partial charge in [-0.15, -0.1) is 0 Å². The average Bonchev–Trinajstić information content (AvgIpc) is 3.02. The normalized spacial score (nSPS) is 35.9. The fourth-order valence-corrected chi connectivity index (χ4v) is 2.04. The monoisotopic (exact) mass is 196 g/mol. The van der Waals surface area contributed by atoms with Crippen LogP contribution in [0.1, 0.15) is 26.2 Å². The summed E-state index contributed by atoms with van der Waals surface area (Å²) in [4.78, 5) is 0. The first kappa shape index (κ1) is 10.2. The molecule has 2 aliphatic rings. The smallest absolute Gasteiger partial charge is 0.104 e. The van der Waals surface area contributed by atoms with E-state index in [0.717, 1.165) is 31.7 Å². The van der Waals surface area contributed by atoms with Crippen molar-refractivity contribution in [3.63, 3.8) is 0 Å². The van der Waals surface area contributed by atoms with E-state index in [2.05, 4.69) is 19.1 Å². The molecule has 0 radical (unpaired) electrons. The lowest BCUT2D eigenvalue weighted by molar-refractivity contribution is 0.0786.